The molecule has 1 fully saturated rings. The van der Waals surface area contributed by atoms with E-state index in [1.54, 1.807) is 23.0 Å². The Bertz CT molecular complexity index is 913. The van der Waals surface area contributed by atoms with E-state index in [4.69, 9.17) is 4.74 Å². The molecule has 0 atom stereocenters. The van der Waals surface area contributed by atoms with Crippen molar-refractivity contribution in [3.63, 3.8) is 0 Å². The molecule has 4 nitrogen and oxygen atoms in total. The lowest BCUT2D eigenvalue weighted by Gasteiger charge is -2.28. The van der Waals surface area contributed by atoms with E-state index in [0.717, 1.165) is 36.6 Å². The number of alkyl halides is 3. The van der Waals surface area contributed by atoms with E-state index >= 15 is 0 Å². The van der Waals surface area contributed by atoms with Gasteiger partial charge in [-0.3, -0.25) is 0 Å². The number of anilines is 1. The number of benzene rings is 2. The third-order valence-corrected chi connectivity index (χ3v) is 4.60. The van der Waals surface area contributed by atoms with Crippen molar-refractivity contribution in [1.29, 1.82) is 0 Å². The first-order chi connectivity index (χ1) is 13.0. The molecule has 0 saturated carbocycles. The summed E-state index contributed by atoms with van der Waals surface area (Å²) in [6, 6.07) is 14.9. The van der Waals surface area contributed by atoms with Crippen molar-refractivity contribution in [3.8, 4) is 16.9 Å². The van der Waals surface area contributed by atoms with Gasteiger partial charge >= 0.3 is 6.18 Å². The smallest absolute Gasteiger partial charge is 0.378 e. The fourth-order valence-corrected chi connectivity index (χ4v) is 3.21. The standard InChI is InChI=1S/C20H18F3N3O/c21-20(22,23)16-3-1-2-15(14-16)19-8-9-24-26(19)18-6-4-17(5-7-18)25-10-12-27-13-11-25/h1-9,14H,10-13H2. The Labute approximate surface area is 154 Å². The van der Waals surface area contributed by atoms with Gasteiger partial charge in [0.2, 0.25) is 0 Å². The zero-order valence-corrected chi connectivity index (χ0v) is 14.5. The average Bonchev–Trinajstić information content (AvgIpc) is 3.18. The highest BCUT2D eigenvalue weighted by Crippen LogP contribution is 2.32. The van der Waals surface area contributed by atoms with Crippen molar-refractivity contribution >= 4 is 5.69 Å². The normalized spacial score (nSPS) is 15.1. The number of ether oxygens (including phenoxy) is 1. The molecule has 1 saturated heterocycles. The lowest BCUT2D eigenvalue weighted by Crippen LogP contribution is -2.36. The summed E-state index contributed by atoms with van der Waals surface area (Å²) in [5.41, 5.74) is 2.30. The van der Waals surface area contributed by atoms with Gasteiger partial charge in [0, 0.05) is 24.3 Å². The lowest BCUT2D eigenvalue weighted by molar-refractivity contribution is -0.137. The Morgan fingerprint density at radius 3 is 2.30 bits per heavy atom. The molecule has 0 aliphatic carbocycles. The van der Waals surface area contributed by atoms with Gasteiger partial charge in [-0.25, -0.2) is 4.68 Å². The molecule has 2 aromatic carbocycles. The first-order valence-corrected chi connectivity index (χ1v) is 8.67. The van der Waals surface area contributed by atoms with Gasteiger partial charge in [-0.2, -0.15) is 18.3 Å². The fraction of sp³-hybridized carbons (Fsp3) is 0.250. The molecule has 27 heavy (non-hydrogen) atoms. The zero-order valence-electron chi connectivity index (χ0n) is 14.5. The van der Waals surface area contributed by atoms with Gasteiger partial charge in [0.15, 0.2) is 0 Å². The molecule has 7 heteroatoms. The molecule has 0 radical (unpaired) electrons. The summed E-state index contributed by atoms with van der Waals surface area (Å²) in [6.07, 6.45) is -2.79. The first kappa shape index (κ1) is 17.6. The van der Waals surface area contributed by atoms with E-state index in [1.807, 2.05) is 24.3 Å². The minimum absolute atomic E-state index is 0.472. The zero-order chi connectivity index (χ0) is 18.9. The summed E-state index contributed by atoms with van der Waals surface area (Å²) in [6.45, 7) is 3.11. The number of aromatic nitrogens is 2. The fourth-order valence-electron chi connectivity index (χ4n) is 3.21. The summed E-state index contributed by atoms with van der Waals surface area (Å²) in [5, 5.41) is 4.30. The molecule has 4 rings (SSSR count). The van der Waals surface area contributed by atoms with Gasteiger partial charge in [-0.1, -0.05) is 12.1 Å². The third-order valence-electron chi connectivity index (χ3n) is 4.60. The molecule has 0 N–H and O–H groups in total. The second-order valence-corrected chi connectivity index (χ2v) is 6.32. The molecule has 0 unspecified atom stereocenters. The molecule has 2 heterocycles. The Hall–Kier alpha value is -2.80. The van der Waals surface area contributed by atoms with E-state index in [1.165, 1.54) is 6.07 Å². The Morgan fingerprint density at radius 1 is 0.889 bits per heavy atom. The molecule has 1 aliphatic rings. The van der Waals surface area contributed by atoms with E-state index < -0.39 is 11.7 Å². The van der Waals surface area contributed by atoms with Crippen LogP contribution in [0.1, 0.15) is 5.56 Å². The Morgan fingerprint density at radius 2 is 1.59 bits per heavy atom. The van der Waals surface area contributed by atoms with Crippen LogP contribution in [0.4, 0.5) is 18.9 Å². The van der Waals surface area contributed by atoms with Crippen LogP contribution in [0, 0.1) is 0 Å². The van der Waals surface area contributed by atoms with Gasteiger partial charge in [0.25, 0.3) is 0 Å². The quantitative estimate of drug-likeness (QED) is 0.682. The molecule has 0 bridgehead atoms. The number of nitrogens with zero attached hydrogens (tertiary/aromatic N) is 3. The highest BCUT2D eigenvalue weighted by molar-refractivity contribution is 5.63. The second-order valence-electron chi connectivity index (χ2n) is 6.32. The average molecular weight is 373 g/mol. The van der Waals surface area contributed by atoms with Crippen LogP contribution in [0.2, 0.25) is 0 Å². The topological polar surface area (TPSA) is 30.3 Å². The molecule has 1 aliphatic heterocycles. The van der Waals surface area contributed by atoms with Gasteiger partial charge in [-0.15, -0.1) is 0 Å². The number of hydrogen-bond donors (Lipinski definition) is 0. The van der Waals surface area contributed by atoms with Crippen LogP contribution in [0.3, 0.4) is 0 Å². The van der Waals surface area contributed by atoms with Crippen molar-refractivity contribution in [1.82, 2.24) is 9.78 Å². The summed E-state index contributed by atoms with van der Waals surface area (Å²) in [4.78, 5) is 2.24. The summed E-state index contributed by atoms with van der Waals surface area (Å²) in [7, 11) is 0. The number of hydrogen-bond acceptors (Lipinski definition) is 3. The molecular formula is C20H18F3N3O. The third kappa shape index (κ3) is 3.68. The molecule has 0 spiro atoms. The second kappa shape index (κ2) is 7.08. The number of morpholine rings is 1. The van der Waals surface area contributed by atoms with Crippen LogP contribution in [-0.4, -0.2) is 36.1 Å². The van der Waals surface area contributed by atoms with Crippen LogP contribution >= 0.6 is 0 Å². The van der Waals surface area contributed by atoms with Crippen molar-refractivity contribution in [3.05, 3.63) is 66.4 Å². The number of halogens is 3. The van der Waals surface area contributed by atoms with Crippen LogP contribution in [0.15, 0.2) is 60.8 Å². The molecular weight excluding hydrogens is 355 g/mol. The predicted octanol–water partition coefficient (Wildman–Crippen LogP) is 4.39. The molecule has 0 amide bonds. The van der Waals surface area contributed by atoms with Crippen LogP contribution in [0.25, 0.3) is 16.9 Å². The maximum atomic E-state index is 13.0. The van der Waals surface area contributed by atoms with E-state index in [9.17, 15) is 13.2 Å². The summed E-state index contributed by atoms with van der Waals surface area (Å²) < 4.78 is 46.1. The van der Waals surface area contributed by atoms with Gasteiger partial charge in [0.05, 0.1) is 36.4 Å². The van der Waals surface area contributed by atoms with Crippen LogP contribution in [0.5, 0.6) is 0 Å². The maximum Gasteiger partial charge on any atom is 0.416 e. The van der Waals surface area contributed by atoms with Crippen molar-refractivity contribution in [2.75, 3.05) is 31.2 Å². The van der Waals surface area contributed by atoms with Gasteiger partial charge in [0.1, 0.15) is 0 Å². The predicted molar refractivity (Wildman–Crippen MR) is 97.0 cm³/mol. The minimum atomic E-state index is -4.37. The highest BCUT2D eigenvalue weighted by Gasteiger charge is 2.30. The summed E-state index contributed by atoms with van der Waals surface area (Å²) >= 11 is 0. The van der Waals surface area contributed by atoms with Gasteiger partial charge < -0.3 is 9.64 Å². The maximum absolute atomic E-state index is 13.0. The Balaban J connectivity index is 1.64. The Kier molecular flexibility index (Phi) is 4.61. The summed E-state index contributed by atoms with van der Waals surface area (Å²) in [5.74, 6) is 0. The van der Waals surface area contributed by atoms with Crippen molar-refractivity contribution < 1.29 is 17.9 Å². The number of rotatable bonds is 3. The molecule has 1 aromatic heterocycles. The first-order valence-electron chi connectivity index (χ1n) is 8.67. The van der Waals surface area contributed by atoms with E-state index in [2.05, 4.69) is 10.00 Å². The van der Waals surface area contributed by atoms with Crippen molar-refractivity contribution in [2.45, 2.75) is 6.18 Å². The van der Waals surface area contributed by atoms with Crippen LogP contribution < -0.4 is 4.90 Å². The van der Waals surface area contributed by atoms with E-state index in [0.29, 0.717) is 24.5 Å². The van der Waals surface area contributed by atoms with Crippen LogP contribution in [-0.2, 0) is 10.9 Å². The van der Waals surface area contributed by atoms with Gasteiger partial charge in [-0.05, 0) is 42.5 Å². The molecule has 3 aromatic rings. The monoisotopic (exact) mass is 373 g/mol. The largest absolute Gasteiger partial charge is 0.416 e. The lowest BCUT2D eigenvalue weighted by atomic mass is 10.1. The van der Waals surface area contributed by atoms with Crippen molar-refractivity contribution in [2.24, 2.45) is 0 Å². The highest BCUT2D eigenvalue weighted by atomic mass is 19.4. The molecule has 140 valence electrons. The SMILES string of the molecule is FC(F)(F)c1cccc(-c2ccnn2-c2ccc(N3CCOCC3)cc2)c1. The van der Waals surface area contributed by atoms with E-state index in [-0.39, 0.29) is 0 Å². The minimum Gasteiger partial charge on any atom is -0.378 e.